The Morgan fingerprint density at radius 2 is 1.85 bits per heavy atom. The molecule has 2 aromatic rings. The molecule has 0 heterocycles. The van der Waals surface area contributed by atoms with Crippen molar-refractivity contribution in [3.8, 4) is 0 Å². The van der Waals surface area contributed by atoms with Gasteiger partial charge in [0.15, 0.2) is 0 Å². The number of anilines is 1. The summed E-state index contributed by atoms with van der Waals surface area (Å²) in [5, 5.41) is 14.3. The summed E-state index contributed by atoms with van der Waals surface area (Å²) in [6, 6.07) is 13.2. The lowest BCUT2D eigenvalue weighted by Gasteiger charge is -2.16. The normalized spacial score (nSPS) is 11.9. The largest absolute Gasteiger partial charge is 0.379 e. The molecule has 104 valence electrons. The molecule has 5 heteroatoms. The lowest BCUT2D eigenvalue weighted by atomic mass is 10.0. The van der Waals surface area contributed by atoms with Crippen LogP contribution in [0.5, 0.6) is 0 Å². The Hall–Kier alpha value is -1.88. The number of nitrogens with zero attached hydrogens (tertiary/aromatic N) is 1. The number of aryl methyl sites for hydroxylation is 1. The molecule has 0 bridgehead atoms. The summed E-state index contributed by atoms with van der Waals surface area (Å²) in [4.78, 5) is 10.6. The Bertz CT molecular complexity index is 626. The maximum atomic E-state index is 11.0. The monoisotopic (exact) mass is 334 g/mol. The average Bonchev–Trinajstić information content (AvgIpc) is 2.41. The minimum atomic E-state index is -0.342. The van der Waals surface area contributed by atoms with E-state index in [-0.39, 0.29) is 16.7 Å². The van der Waals surface area contributed by atoms with Crippen molar-refractivity contribution in [1.82, 2.24) is 0 Å². The van der Waals surface area contributed by atoms with Gasteiger partial charge in [-0.3, -0.25) is 10.1 Å². The number of hydrogen-bond acceptors (Lipinski definition) is 3. The molecule has 2 rings (SSSR count). The predicted molar refractivity (Wildman–Crippen MR) is 84.0 cm³/mol. The van der Waals surface area contributed by atoms with Crippen LogP contribution < -0.4 is 5.32 Å². The second-order valence-electron chi connectivity index (χ2n) is 4.68. The second-order valence-corrected chi connectivity index (χ2v) is 5.59. The quantitative estimate of drug-likeness (QED) is 0.642. The standard InChI is InChI=1S/C15H15BrN2O2/c1-10-3-4-12(9-15(10)18(19)20)11(2)17-14-7-5-13(16)6-8-14/h3-9,11,17H,1-2H3. The van der Waals surface area contributed by atoms with Gasteiger partial charge in [0.2, 0.25) is 0 Å². The number of rotatable bonds is 4. The van der Waals surface area contributed by atoms with Crippen LogP contribution in [-0.2, 0) is 0 Å². The Labute approximate surface area is 126 Å². The Balaban J connectivity index is 2.20. The van der Waals surface area contributed by atoms with Gasteiger partial charge in [-0.15, -0.1) is 0 Å². The minimum Gasteiger partial charge on any atom is -0.379 e. The van der Waals surface area contributed by atoms with Crippen molar-refractivity contribution < 1.29 is 4.92 Å². The molecule has 0 saturated heterocycles. The van der Waals surface area contributed by atoms with Crippen LogP contribution in [0.4, 0.5) is 11.4 Å². The van der Waals surface area contributed by atoms with Gasteiger partial charge in [-0.2, -0.15) is 0 Å². The van der Waals surface area contributed by atoms with E-state index in [1.54, 1.807) is 19.1 Å². The third-order valence-corrected chi connectivity index (χ3v) is 3.69. The van der Waals surface area contributed by atoms with Crippen LogP contribution in [0.3, 0.4) is 0 Å². The van der Waals surface area contributed by atoms with E-state index in [2.05, 4.69) is 21.2 Å². The van der Waals surface area contributed by atoms with E-state index in [1.807, 2.05) is 37.3 Å². The summed E-state index contributed by atoms with van der Waals surface area (Å²) >= 11 is 3.39. The molecule has 0 aliphatic carbocycles. The fraction of sp³-hybridized carbons (Fsp3) is 0.200. The molecule has 2 aromatic carbocycles. The molecule has 0 saturated carbocycles. The molecule has 0 aliphatic rings. The Morgan fingerprint density at radius 3 is 2.45 bits per heavy atom. The fourth-order valence-corrected chi connectivity index (χ4v) is 2.24. The summed E-state index contributed by atoms with van der Waals surface area (Å²) < 4.78 is 1.02. The fourth-order valence-electron chi connectivity index (χ4n) is 1.97. The van der Waals surface area contributed by atoms with E-state index < -0.39 is 0 Å². The number of halogens is 1. The number of nitro groups is 1. The van der Waals surface area contributed by atoms with Gasteiger partial charge < -0.3 is 5.32 Å². The van der Waals surface area contributed by atoms with Gasteiger partial charge in [0.05, 0.1) is 4.92 Å². The van der Waals surface area contributed by atoms with Crippen molar-refractivity contribution in [3.05, 3.63) is 68.2 Å². The molecule has 1 N–H and O–H groups in total. The van der Waals surface area contributed by atoms with E-state index >= 15 is 0 Å². The molecule has 20 heavy (non-hydrogen) atoms. The van der Waals surface area contributed by atoms with Crippen molar-refractivity contribution in [2.45, 2.75) is 19.9 Å². The van der Waals surface area contributed by atoms with Gasteiger partial charge in [0.25, 0.3) is 5.69 Å². The highest BCUT2D eigenvalue weighted by Gasteiger charge is 2.14. The van der Waals surface area contributed by atoms with E-state index in [9.17, 15) is 10.1 Å². The molecule has 1 atom stereocenters. The molecule has 1 unspecified atom stereocenters. The molecule has 0 amide bonds. The summed E-state index contributed by atoms with van der Waals surface area (Å²) in [7, 11) is 0. The molecular weight excluding hydrogens is 320 g/mol. The van der Waals surface area contributed by atoms with Gasteiger partial charge in [-0.05, 0) is 43.7 Å². The molecule has 0 fully saturated rings. The number of nitrogens with one attached hydrogen (secondary N) is 1. The van der Waals surface area contributed by atoms with Crippen LogP contribution in [0.2, 0.25) is 0 Å². The highest BCUT2D eigenvalue weighted by molar-refractivity contribution is 9.10. The zero-order valence-corrected chi connectivity index (χ0v) is 12.8. The summed E-state index contributed by atoms with van der Waals surface area (Å²) in [5.74, 6) is 0. The Morgan fingerprint density at radius 1 is 1.20 bits per heavy atom. The number of hydrogen-bond donors (Lipinski definition) is 1. The van der Waals surface area contributed by atoms with Gasteiger partial charge in [-0.25, -0.2) is 0 Å². The lowest BCUT2D eigenvalue weighted by molar-refractivity contribution is -0.385. The first-order valence-corrected chi connectivity index (χ1v) is 7.03. The first-order chi connectivity index (χ1) is 9.47. The first kappa shape index (κ1) is 14.5. The van der Waals surface area contributed by atoms with E-state index in [0.29, 0.717) is 5.56 Å². The summed E-state index contributed by atoms with van der Waals surface area (Å²) in [6.45, 7) is 3.73. The minimum absolute atomic E-state index is 0.00419. The van der Waals surface area contributed by atoms with Gasteiger partial charge in [0.1, 0.15) is 0 Å². The van der Waals surface area contributed by atoms with Crippen molar-refractivity contribution in [3.63, 3.8) is 0 Å². The lowest BCUT2D eigenvalue weighted by Crippen LogP contribution is -2.07. The highest BCUT2D eigenvalue weighted by atomic mass is 79.9. The van der Waals surface area contributed by atoms with E-state index in [0.717, 1.165) is 15.7 Å². The molecule has 4 nitrogen and oxygen atoms in total. The summed E-state index contributed by atoms with van der Waals surface area (Å²) in [5.41, 5.74) is 2.70. The Kier molecular flexibility index (Phi) is 4.39. The van der Waals surface area contributed by atoms with Crippen molar-refractivity contribution in [2.75, 3.05) is 5.32 Å². The van der Waals surface area contributed by atoms with Crippen LogP contribution in [-0.4, -0.2) is 4.92 Å². The molecule has 0 aromatic heterocycles. The molecular formula is C15H15BrN2O2. The molecule has 0 aliphatic heterocycles. The van der Waals surface area contributed by atoms with Gasteiger partial charge >= 0.3 is 0 Å². The van der Waals surface area contributed by atoms with Gasteiger partial charge in [-0.1, -0.05) is 28.1 Å². The highest BCUT2D eigenvalue weighted by Crippen LogP contribution is 2.26. The zero-order valence-electron chi connectivity index (χ0n) is 11.3. The third-order valence-electron chi connectivity index (χ3n) is 3.16. The average molecular weight is 335 g/mol. The second kappa shape index (κ2) is 6.05. The van der Waals surface area contributed by atoms with Crippen LogP contribution in [0.25, 0.3) is 0 Å². The number of nitro benzene ring substituents is 1. The number of benzene rings is 2. The van der Waals surface area contributed by atoms with E-state index in [4.69, 9.17) is 0 Å². The SMILES string of the molecule is Cc1ccc(C(C)Nc2ccc(Br)cc2)cc1[N+](=O)[O-]. The van der Waals surface area contributed by atoms with E-state index in [1.165, 1.54) is 0 Å². The topological polar surface area (TPSA) is 55.2 Å². The smallest absolute Gasteiger partial charge is 0.272 e. The van der Waals surface area contributed by atoms with Gasteiger partial charge in [0, 0.05) is 27.8 Å². The van der Waals surface area contributed by atoms with Crippen molar-refractivity contribution in [1.29, 1.82) is 0 Å². The summed E-state index contributed by atoms with van der Waals surface area (Å²) in [6.07, 6.45) is 0. The van der Waals surface area contributed by atoms with Crippen molar-refractivity contribution in [2.24, 2.45) is 0 Å². The van der Waals surface area contributed by atoms with Crippen LogP contribution in [0.1, 0.15) is 24.1 Å². The molecule has 0 radical (unpaired) electrons. The van der Waals surface area contributed by atoms with Crippen LogP contribution in [0, 0.1) is 17.0 Å². The maximum Gasteiger partial charge on any atom is 0.272 e. The van der Waals surface area contributed by atoms with Crippen LogP contribution >= 0.6 is 15.9 Å². The predicted octanol–water partition coefficient (Wildman–Crippen LogP) is 4.84. The first-order valence-electron chi connectivity index (χ1n) is 6.24. The van der Waals surface area contributed by atoms with Crippen LogP contribution in [0.15, 0.2) is 46.9 Å². The zero-order chi connectivity index (χ0) is 14.7. The maximum absolute atomic E-state index is 11.0. The van der Waals surface area contributed by atoms with Crippen molar-refractivity contribution >= 4 is 27.3 Å². The molecule has 0 spiro atoms. The third kappa shape index (κ3) is 3.36.